The van der Waals surface area contributed by atoms with Crippen LogP contribution in [0.5, 0.6) is 0 Å². The molecule has 1 amide bonds. The summed E-state index contributed by atoms with van der Waals surface area (Å²) in [5.74, 6) is 0.210. The van der Waals surface area contributed by atoms with Crippen molar-refractivity contribution in [1.82, 2.24) is 25.0 Å². The molecule has 2 atom stereocenters. The number of halogens is 1. The third-order valence-electron chi connectivity index (χ3n) is 5.85. The number of hydrogen-bond donors (Lipinski definition) is 2. The minimum absolute atomic E-state index is 0.0470. The van der Waals surface area contributed by atoms with Crippen LogP contribution >= 0.6 is 0 Å². The lowest BCUT2D eigenvalue weighted by Gasteiger charge is -2.27. The molecule has 2 aromatic heterocycles. The molecular formula is C20H23FN8O2. The molecule has 162 valence electrons. The van der Waals surface area contributed by atoms with Gasteiger partial charge in [-0.2, -0.15) is 9.67 Å². The summed E-state index contributed by atoms with van der Waals surface area (Å²) in [4.78, 5) is 22.3. The Hall–Kier alpha value is -3.18. The van der Waals surface area contributed by atoms with Crippen LogP contribution in [0.2, 0.25) is 0 Å². The van der Waals surface area contributed by atoms with Crippen molar-refractivity contribution in [3.8, 4) is 5.69 Å². The molecule has 3 N–H and O–H groups in total. The highest BCUT2D eigenvalue weighted by Crippen LogP contribution is 2.27. The van der Waals surface area contributed by atoms with Gasteiger partial charge in [-0.15, -0.1) is 5.10 Å². The maximum Gasteiger partial charge on any atom is 0.253 e. The first kappa shape index (κ1) is 19.8. The number of nitrogens with one attached hydrogen (secondary N) is 1. The molecule has 1 aliphatic heterocycles. The summed E-state index contributed by atoms with van der Waals surface area (Å²) < 4.78 is 21.4. The van der Waals surface area contributed by atoms with E-state index in [0.29, 0.717) is 48.4 Å². The summed E-state index contributed by atoms with van der Waals surface area (Å²) in [5.41, 5.74) is 7.43. The molecule has 1 aliphatic carbocycles. The molecule has 3 aromatic rings. The fourth-order valence-electron chi connectivity index (χ4n) is 4.19. The topological polar surface area (TPSA) is 124 Å². The SMILES string of the molecule is NC[C@@H]1CCC(Nc2ncc3nnn(-c4ccc(N5CCOCC5=O)c(F)c4)c3n2)C1. The number of ether oxygens (including phenoxy) is 1. The fraction of sp³-hybridized carbons (Fsp3) is 0.450. The number of nitrogens with zero attached hydrogens (tertiary/aromatic N) is 6. The van der Waals surface area contributed by atoms with Crippen molar-refractivity contribution in [2.75, 3.05) is 36.5 Å². The molecule has 0 spiro atoms. The van der Waals surface area contributed by atoms with Crippen LogP contribution in [0.1, 0.15) is 19.3 Å². The zero-order valence-electron chi connectivity index (χ0n) is 16.9. The molecular weight excluding hydrogens is 403 g/mol. The van der Waals surface area contributed by atoms with E-state index in [1.54, 1.807) is 18.3 Å². The lowest BCUT2D eigenvalue weighted by molar-refractivity contribution is -0.125. The third kappa shape index (κ3) is 3.81. The number of fused-ring (bicyclic) bond motifs is 1. The maximum absolute atomic E-state index is 14.9. The number of benzene rings is 1. The summed E-state index contributed by atoms with van der Waals surface area (Å²) in [5, 5.41) is 11.6. The number of hydrogen-bond acceptors (Lipinski definition) is 8. The van der Waals surface area contributed by atoms with Crippen molar-refractivity contribution >= 4 is 28.7 Å². The van der Waals surface area contributed by atoms with E-state index in [1.807, 2.05) is 0 Å². The van der Waals surface area contributed by atoms with Crippen LogP contribution in [0.4, 0.5) is 16.0 Å². The van der Waals surface area contributed by atoms with Gasteiger partial charge >= 0.3 is 0 Å². The standard InChI is InChI=1S/C20H23FN8O2/c21-15-8-14(3-4-17(15)28-5-6-31-11-18(28)30)29-19-16(26-27-29)10-23-20(25-19)24-13-2-1-12(7-13)9-22/h3-4,8,10,12-13H,1-2,5-7,9,11,22H2,(H,23,24,25)/t12-,13?/m1/s1. The van der Waals surface area contributed by atoms with E-state index < -0.39 is 5.82 Å². The van der Waals surface area contributed by atoms with E-state index in [9.17, 15) is 9.18 Å². The van der Waals surface area contributed by atoms with E-state index in [-0.39, 0.29) is 24.2 Å². The molecule has 1 saturated carbocycles. The quantitative estimate of drug-likeness (QED) is 0.625. The van der Waals surface area contributed by atoms with Crippen LogP contribution in [-0.4, -0.2) is 63.2 Å². The Morgan fingerprint density at radius 3 is 3.00 bits per heavy atom. The maximum atomic E-state index is 14.9. The van der Waals surface area contributed by atoms with Gasteiger partial charge < -0.3 is 20.7 Å². The molecule has 11 heteroatoms. The molecule has 2 fully saturated rings. The second-order valence-corrected chi connectivity index (χ2v) is 7.89. The van der Waals surface area contributed by atoms with Crippen LogP contribution < -0.4 is 16.0 Å². The molecule has 1 saturated heterocycles. The van der Waals surface area contributed by atoms with Gasteiger partial charge in [-0.3, -0.25) is 4.79 Å². The molecule has 2 aliphatic rings. The van der Waals surface area contributed by atoms with Gasteiger partial charge in [0, 0.05) is 18.7 Å². The first-order valence-corrected chi connectivity index (χ1v) is 10.4. The monoisotopic (exact) mass is 426 g/mol. The highest BCUT2D eigenvalue weighted by molar-refractivity contribution is 5.95. The van der Waals surface area contributed by atoms with Gasteiger partial charge in [-0.1, -0.05) is 5.21 Å². The third-order valence-corrected chi connectivity index (χ3v) is 5.85. The predicted molar refractivity (Wildman–Crippen MR) is 111 cm³/mol. The van der Waals surface area contributed by atoms with Crippen LogP contribution in [0.25, 0.3) is 16.9 Å². The molecule has 31 heavy (non-hydrogen) atoms. The average molecular weight is 426 g/mol. The number of aromatic nitrogens is 5. The van der Waals surface area contributed by atoms with E-state index in [4.69, 9.17) is 10.5 Å². The number of anilines is 2. The van der Waals surface area contributed by atoms with Gasteiger partial charge in [0.05, 0.1) is 24.2 Å². The molecule has 3 heterocycles. The second-order valence-electron chi connectivity index (χ2n) is 7.89. The van der Waals surface area contributed by atoms with E-state index in [0.717, 1.165) is 19.3 Å². The van der Waals surface area contributed by atoms with Gasteiger partial charge in [0.15, 0.2) is 11.2 Å². The number of morpholine rings is 1. The predicted octanol–water partition coefficient (Wildman–Crippen LogP) is 1.25. The van der Waals surface area contributed by atoms with Crippen LogP contribution in [0.15, 0.2) is 24.4 Å². The number of amides is 1. The van der Waals surface area contributed by atoms with Crippen molar-refractivity contribution in [3.63, 3.8) is 0 Å². The Kier molecular flexibility index (Phi) is 5.20. The highest BCUT2D eigenvalue weighted by Gasteiger charge is 2.25. The van der Waals surface area contributed by atoms with E-state index in [1.165, 1.54) is 15.6 Å². The van der Waals surface area contributed by atoms with Crippen molar-refractivity contribution in [3.05, 3.63) is 30.2 Å². The van der Waals surface area contributed by atoms with Gasteiger partial charge in [-0.25, -0.2) is 9.37 Å². The highest BCUT2D eigenvalue weighted by atomic mass is 19.1. The van der Waals surface area contributed by atoms with Crippen LogP contribution in [0, 0.1) is 11.7 Å². The van der Waals surface area contributed by atoms with Crippen LogP contribution in [0.3, 0.4) is 0 Å². The first-order valence-electron chi connectivity index (χ1n) is 10.4. The fourth-order valence-corrected chi connectivity index (χ4v) is 4.19. The minimum Gasteiger partial charge on any atom is -0.370 e. The lowest BCUT2D eigenvalue weighted by Crippen LogP contribution is -2.42. The zero-order valence-corrected chi connectivity index (χ0v) is 16.9. The Labute approximate surface area is 177 Å². The molecule has 1 aromatic carbocycles. The normalized spacial score (nSPS) is 21.7. The van der Waals surface area contributed by atoms with Gasteiger partial charge in [0.2, 0.25) is 5.95 Å². The van der Waals surface area contributed by atoms with Gasteiger partial charge in [0.25, 0.3) is 5.91 Å². The molecule has 10 nitrogen and oxygen atoms in total. The number of rotatable bonds is 5. The van der Waals surface area contributed by atoms with Crippen molar-refractivity contribution < 1.29 is 13.9 Å². The molecule has 0 radical (unpaired) electrons. The average Bonchev–Trinajstić information content (AvgIpc) is 3.41. The van der Waals surface area contributed by atoms with E-state index >= 15 is 0 Å². The second kappa shape index (κ2) is 8.16. The Bertz CT molecular complexity index is 1120. The minimum atomic E-state index is -0.525. The largest absolute Gasteiger partial charge is 0.370 e. The summed E-state index contributed by atoms with van der Waals surface area (Å²) in [6.45, 7) is 1.33. The summed E-state index contributed by atoms with van der Waals surface area (Å²) >= 11 is 0. The van der Waals surface area contributed by atoms with E-state index in [2.05, 4.69) is 25.6 Å². The van der Waals surface area contributed by atoms with Crippen molar-refractivity contribution in [1.29, 1.82) is 0 Å². The molecule has 0 bridgehead atoms. The van der Waals surface area contributed by atoms with Gasteiger partial charge in [0.1, 0.15) is 12.4 Å². The number of nitrogens with two attached hydrogens (primary N) is 1. The molecule has 1 unspecified atom stereocenters. The summed E-state index contributed by atoms with van der Waals surface area (Å²) in [6, 6.07) is 4.85. The zero-order chi connectivity index (χ0) is 21.4. The summed E-state index contributed by atoms with van der Waals surface area (Å²) in [7, 11) is 0. The Morgan fingerprint density at radius 2 is 2.23 bits per heavy atom. The lowest BCUT2D eigenvalue weighted by atomic mass is 10.1. The van der Waals surface area contributed by atoms with Gasteiger partial charge in [-0.05, 0) is 43.9 Å². The first-order chi connectivity index (χ1) is 15.1. The smallest absolute Gasteiger partial charge is 0.253 e. The Balaban J connectivity index is 1.42. The van der Waals surface area contributed by atoms with Crippen molar-refractivity contribution in [2.24, 2.45) is 11.7 Å². The summed E-state index contributed by atoms with van der Waals surface area (Å²) in [6.07, 6.45) is 4.70. The molecule has 5 rings (SSSR count). The Morgan fingerprint density at radius 1 is 1.32 bits per heavy atom. The number of carbonyl (C=O) groups is 1. The van der Waals surface area contributed by atoms with Crippen molar-refractivity contribution in [2.45, 2.75) is 25.3 Å². The van der Waals surface area contributed by atoms with Crippen LogP contribution in [-0.2, 0) is 9.53 Å². The number of carbonyl (C=O) groups excluding carboxylic acids is 1.